The van der Waals surface area contributed by atoms with Gasteiger partial charge in [0.15, 0.2) is 0 Å². The van der Waals surface area contributed by atoms with Crippen molar-refractivity contribution in [2.24, 2.45) is 10.3 Å². The summed E-state index contributed by atoms with van der Waals surface area (Å²) in [4.78, 5) is -0.809. The van der Waals surface area contributed by atoms with Gasteiger partial charge in [-0.05, 0) is 24.6 Å². The molecule has 0 unspecified atom stereocenters. The monoisotopic (exact) mass is 284 g/mol. The standard InChI is InChI=1S/C7H9ClN2O4S2/c1-4-2-5(15(9,11)12)3-6(7(4)8)16(10,13)14/h2-3H,1H3,(H2,9,11,12)(H2,10,13,14). The highest BCUT2D eigenvalue weighted by molar-refractivity contribution is 7.90. The van der Waals surface area contributed by atoms with E-state index in [4.69, 9.17) is 21.9 Å². The van der Waals surface area contributed by atoms with Crippen LogP contribution in [0.4, 0.5) is 0 Å². The van der Waals surface area contributed by atoms with Gasteiger partial charge in [0.05, 0.1) is 9.92 Å². The molecule has 16 heavy (non-hydrogen) atoms. The molecule has 0 aliphatic carbocycles. The molecular weight excluding hydrogens is 276 g/mol. The fourth-order valence-corrected chi connectivity index (χ4v) is 2.91. The van der Waals surface area contributed by atoms with Crippen molar-refractivity contribution in [1.29, 1.82) is 0 Å². The van der Waals surface area contributed by atoms with Gasteiger partial charge in [-0.1, -0.05) is 11.6 Å². The Balaban J connectivity index is 3.72. The van der Waals surface area contributed by atoms with Crippen LogP contribution in [0, 0.1) is 6.92 Å². The summed E-state index contributed by atoms with van der Waals surface area (Å²) in [5, 5.41) is 9.66. The van der Waals surface area contributed by atoms with Gasteiger partial charge in [-0.25, -0.2) is 27.1 Å². The molecule has 0 amide bonds. The number of hydrogen-bond acceptors (Lipinski definition) is 4. The minimum atomic E-state index is -4.09. The third kappa shape index (κ3) is 2.71. The number of primary sulfonamides is 2. The van der Waals surface area contributed by atoms with E-state index in [0.29, 0.717) is 0 Å². The molecule has 0 radical (unpaired) electrons. The molecule has 90 valence electrons. The van der Waals surface area contributed by atoms with Gasteiger partial charge >= 0.3 is 0 Å². The van der Waals surface area contributed by atoms with E-state index >= 15 is 0 Å². The molecule has 0 aromatic heterocycles. The van der Waals surface area contributed by atoms with E-state index in [1.165, 1.54) is 13.0 Å². The number of aryl methyl sites for hydroxylation is 1. The van der Waals surface area contributed by atoms with Crippen LogP contribution >= 0.6 is 11.6 Å². The summed E-state index contributed by atoms with van der Waals surface area (Å²) >= 11 is 5.71. The van der Waals surface area contributed by atoms with E-state index in [9.17, 15) is 16.8 Å². The Morgan fingerprint density at radius 1 is 1.06 bits per heavy atom. The summed E-state index contributed by atoms with van der Waals surface area (Å²) in [6, 6.07) is 2.01. The van der Waals surface area contributed by atoms with Gasteiger partial charge in [0.25, 0.3) is 0 Å². The normalized spacial score (nSPS) is 12.8. The molecule has 0 heterocycles. The fourth-order valence-electron chi connectivity index (χ4n) is 1.08. The molecule has 0 fully saturated rings. The third-order valence-corrected chi connectivity index (χ3v) is 4.27. The first-order valence-corrected chi connectivity index (χ1v) is 7.36. The Labute approximate surface area is 98.3 Å². The molecule has 9 heteroatoms. The molecule has 0 atom stereocenters. The molecule has 0 saturated carbocycles. The van der Waals surface area contributed by atoms with Crippen LogP contribution in [-0.2, 0) is 20.0 Å². The van der Waals surface area contributed by atoms with E-state index in [-0.39, 0.29) is 15.5 Å². The molecule has 4 N–H and O–H groups in total. The number of benzene rings is 1. The van der Waals surface area contributed by atoms with Crippen LogP contribution in [0.15, 0.2) is 21.9 Å². The number of nitrogens with two attached hydrogens (primary N) is 2. The Kier molecular flexibility index (Phi) is 3.32. The molecule has 0 aliphatic rings. The number of sulfonamides is 2. The lowest BCUT2D eigenvalue weighted by molar-refractivity contribution is 0.596. The van der Waals surface area contributed by atoms with Crippen LogP contribution in [0.25, 0.3) is 0 Å². The summed E-state index contributed by atoms with van der Waals surface area (Å²) in [5.74, 6) is 0. The van der Waals surface area contributed by atoms with Crippen molar-refractivity contribution in [2.45, 2.75) is 16.7 Å². The van der Waals surface area contributed by atoms with Crippen molar-refractivity contribution in [3.8, 4) is 0 Å². The number of halogens is 1. The first kappa shape index (κ1) is 13.4. The highest BCUT2D eigenvalue weighted by atomic mass is 35.5. The lowest BCUT2D eigenvalue weighted by Crippen LogP contribution is -2.17. The minimum Gasteiger partial charge on any atom is -0.225 e. The molecule has 1 aromatic rings. The largest absolute Gasteiger partial charge is 0.239 e. The van der Waals surface area contributed by atoms with Crippen molar-refractivity contribution in [3.05, 3.63) is 22.7 Å². The summed E-state index contributed by atoms with van der Waals surface area (Å²) in [6.07, 6.45) is 0. The minimum absolute atomic E-state index is 0.116. The zero-order valence-electron chi connectivity index (χ0n) is 8.14. The highest BCUT2D eigenvalue weighted by Crippen LogP contribution is 2.27. The molecule has 0 saturated heterocycles. The molecule has 6 nitrogen and oxygen atoms in total. The van der Waals surface area contributed by atoms with Crippen LogP contribution in [0.5, 0.6) is 0 Å². The Morgan fingerprint density at radius 3 is 1.94 bits per heavy atom. The third-order valence-electron chi connectivity index (χ3n) is 1.83. The van der Waals surface area contributed by atoms with Crippen LogP contribution < -0.4 is 10.3 Å². The Morgan fingerprint density at radius 2 is 1.56 bits per heavy atom. The molecule has 1 aromatic carbocycles. The lowest BCUT2D eigenvalue weighted by atomic mass is 10.2. The molecule has 0 bridgehead atoms. The van der Waals surface area contributed by atoms with Crippen LogP contribution in [-0.4, -0.2) is 16.8 Å². The zero-order valence-corrected chi connectivity index (χ0v) is 10.5. The van der Waals surface area contributed by atoms with Crippen molar-refractivity contribution in [3.63, 3.8) is 0 Å². The van der Waals surface area contributed by atoms with E-state index in [1.807, 2.05) is 0 Å². The zero-order chi connectivity index (χ0) is 12.7. The van der Waals surface area contributed by atoms with Crippen molar-refractivity contribution in [1.82, 2.24) is 0 Å². The Hall–Kier alpha value is -0.670. The molecule has 0 spiro atoms. The van der Waals surface area contributed by atoms with Gasteiger partial charge < -0.3 is 0 Å². The van der Waals surface area contributed by atoms with Crippen LogP contribution in [0.2, 0.25) is 5.02 Å². The topological polar surface area (TPSA) is 120 Å². The van der Waals surface area contributed by atoms with E-state index < -0.39 is 24.9 Å². The second-order valence-electron chi connectivity index (χ2n) is 3.14. The van der Waals surface area contributed by atoms with Crippen molar-refractivity contribution in [2.75, 3.05) is 0 Å². The summed E-state index contributed by atoms with van der Waals surface area (Å²) in [7, 11) is -8.09. The molecule has 0 aliphatic heterocycles. The number of rotatable bonds is 2. The maximum Gasteiger partial charge on any atom is 0.239 e. The van der Waals surface area contributed by atoms with E-state index in [2.05, 4.69) is 0 Å². The summed E-state index contributed by atoms with van der Waals surface area (Å²) < 4.78 is 44.4. The van der Waals surface area contributed by atoms with Gasteiger partial charge in [0.1, 0.15) is 4.90 Å². The van der Waals surface area contributed by atoms with Gasteiger partial charge in [0.2, 0.25) is 20.0 Å². The van der Waals surface area contributed by atoms with E-state index in [0.717, 1.165) is 6.07 Å². The highest BCUT2D eigenvalue weighted by Gasteiger charge is 2.19. The van der Waals surface area contributed by atoms with Gasteiger partial charge in [-0.2, -0.15) is 0 Å². The van der Waals surface area contributed by atoms with E-state index in [1.54, 1.807) is 0 Å². The van der Waals surface area contributed by atoms with Crippen LogP contribution in [0.1, 0.15) is 5.56 Å². The maximum absolute atomic E-state index is 11.1. The lowest BCUT2D eigenvalue weighted by Gasteiger charge is -2.07. The smallest absolute Gasteiger partial charge is 0.225 e. The van der Waals surface area contributed by atoms with Gasteiger partial charge in [-0.3, -0.25) is 0 Å². The predicted molar refractivity (Wildman–Crippen MR) is 58.9 cm³/mol. The summed E-state index contributed by atoms with van der Waals surface area (Å²) in [6.45, 7) is 1.45. The predicted octanol–water partition coefficient (Wildman–Crippen LogP) is -0.0568. The average molecular weight is 285 g/mol. The quantitative estimate of drug-likeness (QED) is 0.790. The Bertz CT molecular complexity index is 637. The summed E-state index contributed by atoms with van der Waals surface area (Å²) in [5.41, 5.74) is 0.261. The van der Waals surface area contributed by atoms with Gasteiger partial charge in [-0.15, -0.1) is 0 Å². The van der Waals surface area contributed by atoms with Crippen LogP contribution in [0.3, 0.4) is 0 Å². The van der Waals surface area contributed by atoms with Crippen molar-refractivity contribution < 1.29 is 16.8 Å². The second kappa shape index (κ2) is 3.97. The maximum atomic E-state index is 11.1. The van der Waals surface area contributed by atoms with Crippen molar-refractivity contribution >= 4 is 31.6 Å². The first-order valence-electron chi connectivity index (χ1n) is 3.89. The molecule has 1 rings (SSSR count). The first-order chi connectivity index (χ1) is 7.03. The van der Waals surface area contributed by atoms with Gasteiger partial charge in [0, 0.05) is 0 Å². The fraction of sp³-hybridized carbons (Fsp3) is 0.143. The average Bonchev–Trinajstić information content (AvgIpc) is 2.05. The number of hydrogen-bond donors (Lipinski definition) is 2. The SMILES string of the molecule is Cc1cc(S(N)(=O)=O)cc(S(N)(=O)=O)c1Cl. The second-order valence-corrected chi connectivity index (χ2v) is 6.61. The molecular formula is C7H9ClN2O4S2.